The average Bonchev–Trinajstić information content (AvgIpc) is 2.86. The van der Waals surface area contributed by atoms with Gasteiger partial charge in [0.2, 0.25) is 5.91 Å². The molecule has 0 aliphatic heterocycles. The number of rotatable bonds is 10. The molecule has 3 aromatic carbocycles. The second-order valence-corrected chi connectivity index (χ2v) is 9.19. The number of anilines is 1. The van der Waals surface area contributed by atoms with E-state index in [-0.39, 0.29) is 17.5 Å². The molecule has 0 bridgehead atoms. The van der Waals surface area contributed by atoms with E-state index in [1.54, 1.807) is 49.6 Å². The van der Waals surface area contributed by atoms with Gasteiger partial charge in [0.25, 0.3) is 10.0 Å². The van der Waals surface area contributed by atoms with E-state index in [9.17, 15) is 13.2 Å². The van der Waals surface area contributed by atoms with Crippen LogP contribution < -0.4 is 19.1 Å². The first-order valence-corrected chi connectivity index (χ1v) is 12.0. The van der Waals surface area contributed by atoms with Crippen molar-refractivity contribution in [3.8, 4) is 11.5 Å². The molecule has 0 aromatic heterocycles. The number of para-hydroxylation sites is 1. The Morgan fingerprint density at radius 1 is 0.879 bits per heavy atom. The summed E-state index contributed by atoms with van der Waals surface area (Å²) in [6.45, 7) is 1.60. The maximum absolute atomic E-state index is 13.5. The van der Waals surface area contributed by atoms with Gasteiger partial charge < -0.3 is 14.8 Å². The summed E-state index contributed by atoms with van der Waals surface area (Å²) in [7, 11) is -0.886. The first kappa shape index (κ1) is 24.1. The number of sulfonamides is 1. The number of ether oxygens (including phenoxy) is 2. The number of carbonyl (C=O) groups is 1. The van der Waals surface area contributed by atoms with Crippen molar-refractivity contribution in [3.63, 3.8) is 0 Å². The predicted octanol–water partition coefficient (Wildman–Crippen LogP) is 4.17. The van der Waals surface area contributed by atoms with Crippen LogP contribution in [-0.2, 0) is 14.8 Å². The summed E-state index contributed by atoms with van der Waals surface area (Å²) in [5, 5.41) is 2.96. The highest BCUT2D eigenvalue weighted by Gasteiger charge is 2.28. The van der Waals surface area contributed by atoms with Crippen LogP contribution in [0.4, 0.5) is 5.69 Å². The predicted molar refractivity (Wildman–Crippen MR) is 128 cm³/mol. The van der Waals surface area contributed by atoms with Gasteiger partial charge in [-0.3, -0.25) is 9.10 Å². The zero-order chi connectivity index (χ0) is 23.8. The Morgan fingerprint density at radius 2 is 1.42 bits per heavy atom. The fourth-order valence-corrected chi connectivity index (χ4v) is 4.83. The molecule has 0 heterocycles. The minimum absolute atomic E-state index is 0.0714. The molecule has 33 heavy (non-hydrogen) atoms. The van der Waals surface area contributed by atoms with Crippen LogP contribution in [0.15, 0.2) is 83.8 Å². The van der Waals surface area contributed by atoms with Gasteiger partial charge in [0.05, 0.1) is 30.8 Å². The van der Waals surface area contributed by atoms with E-state index in [0.29, 0.717) is 17.9 Å². The van der Waals surface area contributed by atoms with Crippen LogP contribution in [0, 0.1) is 0 Å². The van der Waals surface area contributed by atoms with Crippen molar-refractivity contribution >= 4 is 21.6 Å². The summed E-state index contributed by atoms with van der Waals surface area (Å²) >= 11 is 0. The Balaban J connectivity index is 1.86. The molecule has 1 atom stereocenters. The molecule has 8 heteroatoms. The van der Waals surface area contributed by atoms with Gasteiger partial charge in [-0.2, -0.15) is 0 Å². The molecule has 1 amide bonds. The lowest BCUT2D eigenvalue weighted by molar-refractivity contribution is -0.120. The molecule has 0 spiro atoms. The van der Waals surface area contributed by atoms with Crippen molar-refractivity contribution in [1.29, 1.82) is 0 Å². The molecular formula is C25H28N2O5S. The molecule has 0 aliphatic carbocycles. The van der Waals surface area contributed by atoms with Gasteiger partial charge in [-0.15, -0.1) is 0 Å². The van der Waals surface area contributed by atoms with Crippen LogP contribution in [0.3, 0.4) is 0 Å². The molecule has 0 saturated heterocycles. The number of carbonyl (C=O) groups excluding carboxylic acids is 1. The maximum atomic E-state index is 13.5. The minimum atomic E-state index is -3.99. The highest BCUT2D eigenvalue weighted by atomic mass is 32.2. The van der Waals surface area contributed by atoms with E-state index >= 15 is 0 Å². The van der Waals surface area contributed by atoms with Crippen molar-refractivity contribution in [1.82, 2.24) is 5.32 Å². The van der Waals surface area contributed by atoms with Crippen LogP contribution in [0.1, 0.15) is 24.9 Å². The number of nitrogens with one attached hydrogen (secondary N) is 1. The van der Waals surface area contributed by atoms with Crippen molar-refractivity contribution in [2.45, 2.75) is 24.3 Å². The third-order valence-electron chi connectivity index (χ3n) is 5.24. The summed E-state index contributed by atoms with van der Waals surface area (Å²) in [5.74, 6) is 0.864. The Hall–Kier alpha value is -3.52. The van der Waals surface area contributed by atoms with Crippen molar-refractivity contribution < 1.29 is 22.7 Å². The van der Waals surface area contributed by atoms with Gasteiger partial charge in [0, 0.05) is 0 Å². The van der Waals surface area contributed by atoms with E-state index < -0.39 is 15.9 Å². The first-order valence-electron chi connectivity index (χ1n) is 10.5. The van der Waals surface area contributed by atoms with Crippen molar-refractivity contribution in [3.05, 3.63) is 84.4 Å². The number of amides is 1. The van der Waals surface area contributed by atoms with Crippen molar-refractivity contribution in [2.75, 3.05) is 25.1 Å². The van der Waals surface area contributed by atoms with Gasteiger partial charge >= 0.3 is 0 Å². The van der Waals surface area contributed by atoms with Crippen LogP contribution in [0.5, 0.6) is 11.5 Å². The Kier molecular flexibility index (Phi) is 7.95. The minimum Gasteiger partial charge on any atom is -0.497 e. The molecule has 0 aliphatic rings. The second kappa shape index (κ2) is 10.9. The zero-order valence-corrected chi connectivity index (χ0v) is 19.7. The van der Waals surface area contributed by atoms with Crippen molar-refractivity contribution in [2.24, 2.45) is 0 Å². The van der Waals surface area contributed by atoms with Crippen LogP contribution >= 0.6 is 0 Å². The molecule has 3 aromatic rings. The first-order chi connectivity index (χ1) is 15.9. The number of nitrogens with zero attached hydrogens (tertiary/aromatic N) is 1. The molecule has 0 fully saturated rings. The molecule has 0 saturated carbocycles. The lowest BCUT2D eigenvalue weighted by atomic mass is 10.0. The quantitative estimate of drug-likeness (QED) is 0.483. The maximum Gasteiger partial charge on any atom is 0.264 e. The molecule has 0 radical (unpaired) electrons. The Bertz CT molecular complexity index is 1150. The molecule has 1 N–H and O–H groups in total. The summed E-state index contributed by atoms with van der Waals surface area (Å²) < 4.78 is 38.3. The molecular weight excluding hydrogens is 440 g/mol. The zero-order valence-electron chi connectivity index (χ0n) is 18.9. The Labute approximate surface area is 195 Å². The van der Waals surface area contributed by atoms with Gasteiger partial charge in [-0.05, 0) is 60.5 Å². The van der Waals surface area contributed by atoms with Crippen LogP contribution in [0.25, 0.3) is 0 Å². The summed E-state index contributed by atoms with van der Waals surface area (Å²) in [6, 6.07) is 21.8. The number of benzene rings is 3. The van der Waals surface area contributed by atoms with E-state index in [0.717, 1.165) is 15.6 Å². The van der Waals surface area contributed by atoms with E-state index in [1.165, 1.54) is 19.2 Å². The van der Waals surface area contributed by atoms with E-state index in [2.05, 4.69) is 5.32 Å². The third kappa shape index (κ3) is 5.84. The van der Waals surface area contributed by atoms with E-state index in [1.807, 2.05) is 31.2 Å². The largest absolute Gasteiger partial charge is 0.497 e. The highest BCUT2D eigenvalue weighted by molar-refractivity contribution is 7.92. The lowest BCUT2D eigenvalue weighted by Crippen LogP contribution is -2.42. The van der Waals surface area contributed by atoms with Crippen LogP contribution in [0.2, 0.25) is 0 Å². The molecule has 3 rings (SSSR count). The number of hydrogen-bond acceptors (Lipinski definition) is 5. The number of hydrogen-bond donors (Lipinski definition) is 1. The summed E-state index contributed by atoms with van der Waals surface area (Å²) in [6.07, 6.45) is 0.647. The van der Waals surface area contributed by atoms with Gasteiger partial charge in [0.1, 0.15) is 18.0 Å². The lowest BCUT2D eigenvalue weighted by Gasteiger charge is -2.25. The van der Waals surface area contributed by atoms with Gasteiger partial charge in [-0.1, -0.05) is 37.3 Å². The monoisotopic (exact) mass is 468 g/mol. The van der Waals surface area contributed by atoms with Gasteiger partial charge in [0.15, 0.2) is 0 Å². The smallest absolute Gasteiger partial charge is 0.264 e. The van der Waals surface area contributed by atoms with Gasteiger partial charge in [-0.25, -0.2) is 8.42 Å². The molecule has 174 valence electrons. The average molecular weight is 469 g/mol. The third-order valence-corrected chi connectivity index (χ3v) is 7.03. The second-order valence-electron chi connectivity index (χ2n) is 7.32. The molecule has 1 unspecified atom stereocenters. The SMILES string of the molecule is CCC(NC(=O)CN(c1ccccc1)S(=O)(=O)c1ccc(OC)cc1)c1ccc(OC)cc1. The van der Waals surface area contributed by atoms with Crippen LogP contribution in [-0.4, -0.2) is 35.1 Å². The number of methoxy groups -OCH3 is 2. The highest BCUT2D eigenvalue weighted by Crippen LogP contribution is 2.25. The fraction of sp³-hybridized carbons (Fsp3) is 0.240. The summed E-state index contributed by atoms with van der Waals surface area (Å²) in [4.78, 5) is 13.1. The fourth-order valence-electron chi connectivity index (χ4n) is 3.41. The Morgan fingerprint density at radius 3 is 1.94 bits per heavy atom. The summed E-state index contributed by atoms with van der Waals surface area (Å²) in [5.41, 5.74) is 1.32. The standard InChI is InChI=1S/C25H28N2O5S/c1-4-24(19-10-12-21(31-2)13-11-19)26-25(28)18-27(20-8-6-5-7-9-20)33(29,30)23-16-14-22(32-3)15-17-23/h5-17,24H,4,18H2,1-3H3,(H,26,28). The topological polar surface area (TPSA) is 84.9 Å². The van der Waals surface area contributed by atoms with E-state index in [4.69, 9.17) is 9.47 Å². The molecule has 7 nitrogen and oxygen atoms in total. The normalized spacial score (nSPS) is 12.0.